The normalized spacial score (nSPS) is 17.1. The van der Waals surface area contributed by atoms with Crippen LogP contribution in [0.15, 0.2) is 16.3 Å². The fourth-order valence-corrected chi connectivity index (χ4v) is 3.96. The van der Waals surface area contributed by atoms with E-state index in [0.717, 1.165) is 36.8 Å². The van der Waals surface area contributed by atoms with Gasteiger partial charge in [0.2, 0.25) is 11.9 Å². The van der Waals surface area contributed by atoms with Gasteiger partial charge in [0.05, 0.1) is 12.2 Å². The zero-order chi connectivity index (χ0) is 21.6. The van der Waals surface area contributed by atoms with Crippen LogP contribution in [0.4, 0.5) is 5.95 Å². The molecule has 0 bridgehead atoms. The highest BCUT2D eigenvalue weighted by Crippen LogP contribution is 2.37. The minimum absolute atomic E-state index is 0.122. The number of rotatable bonds is 10. The first-order valence-corrected chi connectivity index (χ1v) is 11.2. The van der Waals surface area contributed by atoms with Gasteiger partial charge >= 0.3 is 0 Å². The molecule has 2 aliphatic rings. The summed E-state index contributed by atoms with van der Waals surface area (Å²) in [6, 6.07) is 1.99. The third-order valence-electron chi connectivity index (χ3n) is 5.62. The number of anilines is 1. The number of hydrogen-bond acceptors (Lipinski definition) is 6. The topological polar surface area (TPSA) is 74.1 Å². The molecule has 30 heavy (non-hydrogen) atoms. The van der Waals surface area contributed by atoms with Gasteiger partial charge in [0, 0.05) is 51.0 Å². The minimum Gasteiger partial charge on any atom is -0.341 e. The molecule has 0 aromatic carbocycles. The van der Waals surface area contributed by atoms with Crippen LogP contribution in [-0.2, 0) is 11.3 Å². The summed E-state index contributed by atoms with van der Waals surface area (Å²) in [6.07, 6.45) is 11.4. The summed E-state index contributed by atoms with van der Waals surface area (Å²) in [4.78, 5) is 26.7. The lowest BCUT2D eigenvalue weighted by atomic mass is 10.0. The molecule has 0 radical (unpaired) electrons. The van der Waals surface area contributed by atoms with Gasteiger partial charge < -0.3 is 9.80 Å². The third-order valence-corrected chi connectivity index (χ3v) is 5.62. The van der Waals surface area contributed by atoms with E-state index in [1.165, 1.54) is 19.3 Å². The number of carbonyl (C=O) groups excluding carboxylic acids is 1. The summed E-state index contributed by atoms with van der Waals surface area (Å²) < 4.78 is 0. The number of nitrogens with zero attached hydrogens (tertiary/aromatic N) is 6. The maximum atomic E-state index is 13.1. The Kier molecular flexibility index (Phi) is 7.41. The molecular weight excluding hydrogens is 376 g/mol. The molecule has 1 saturated heterocycles. The molecule has 1 fully saturated rings. The number of hydrogen-bond donors (Lipinski definition) is 0. The van der Waals surface area contributed by atoms with Crippen molar-refractivity contribution in [1.82, 2.24) is 14.9 Å². The molecule has 0 atom stereocenters. The number of amides is 1. The van der Waals surface area contributed by atoms with Crippen molar-refractivity contribution in [2.24, 2.45) is 16.1 Å². The van der Waals surface area contributed by atoms with Crippen LogP contribution in [0.3, 0.4) is 0 Å². The van der Waals surface area contributed by atoms with E-state index in [1.54, 1.807) is 0 Å². The first-order chi connectivity index (χ1) is 14.4. The van der Waals surface area contributed by atoms with Gasteiger partial charge in [0.15, 0.2) is 5.66 Å². The van der Waals surface area contributed by atoms with Gasteiger partial charge in [-0.25, -0.2) is 9.97 Å². The lowest BCUT2D eigenvalue weighted by Gasteiger charge is -2.28. The van der Waals surface area contributed by atoms with E-state index < -0.39 is 5.66 Å². The first kappa shape index (κ1) is 22.2. The number of terminal acetylenes is 1. The second kappa shape index (κ2) is 10.0. The molecule has 162 valence electrons. The van der Waals surface area contributed by atoms with E-state index in [1.807, 2.05) is 17.9 Å². The van der Waals surface area contributed by atoms with Crippen molar-refractivity contribution in [2.75, 3.05) is 24.5 Å². The number of carbonyl (C=O) groups is 1. The molecule has 1 aromatic rings. The molecule has 0 spiro atoms. The van der Waals surface area contributed by atoms with E-state index in [2.05, 4.69) is 39.9 Å². The zero-order valence-electron chi connectivity index (χ0n) is 18.6. The Balaban J connectivity index is 1.66. The summed E-state index contributed by atoms with van der Waals surface area (Å²) in [5.41, 5.74) is 1.43. The molecule has 0 N–H and O–H groups in total. The molecule has 7 heteroatoms. The summed E-state index contributed by atoms with van der Waals surface area (Å²) in [5, 5.41) is 8.31. The van der Waals surface area contributed by atoms with Crippen molar-refractivity contribution >= 4 is 11.9 Å². The third kappa shape index (κ3) is 6.25. The van der Waals surface area contributed by atoms with Gasteiger partial charge in [-0.15, -0.1) is 12.3 Å². The monoisotopic (exact) mass is 410 g/mol. The van der Waals surface area contributed by atoms with E-state index in [4.69, 9.17) is 11.4 Å². The van der Waals surface area contributed by atoms with Gasteiger partial charge in [0.1, 0.15) is 0 Å². The molecule has 0 unspecified atom stereocenters. The second-order valence-corrected chi connectivity index (χ2v) is 8.90. The fraction of sp³-hybridized carbons (Fsp3) is 0.696. The van der Waals surface area contributed by atoms with Crippen LogP contribution in [0.1, 0.15) is 70.2 Å². The Morgan fingerprint density at radius 2 is 1.97 bits per heavy atom. The van der Waals surface area contributed by atoms with Crippen LogP contribution < -0.4 is 4.90 Å². The van der Waals surface area contributed by atoms with Crippen LogP contribution in [0.25, 0.3) is 0 Å². The van der Waals surface area contributed by atoms with Crippen LogP contribution in [-0.4, -0.2) is 46.1 Å². The predicted molar refractivity (Wildman–Crippen MR) is 118 cm³/mol. The molecular formula is C23H34N6O. The lowest BCUT2D eigenvalue weighted by Crippen LogP contribution is -2.35. The average Bonchev–Trinajstić information content (AvgIpc) is 3.50. The van der Waals surface area contributed by atoms with Crippen molar-refractivity contribution in [2.45, 2.75) is 77.9 Å². The summed E-state index contributed by atoms with van der Waals surface area (Å²) in [5.74, 6) is 3.93. The molecule has 1 amide bonds. The second-order valence-electron chi connectivity index (χ2n) is 8.90. The average molecular weight is 411 g/mol. The van der Waals surface area contributed by atoms with E-state index in [9.17, 15) is 4.79 Å². The van der Waals surface area contributed by atoms with E-state index in [0.29, 0.717) is 38.3 Å². The highest BCUT2D eigenvalue weighted by Gasteiger charge is 2.39. The summed E-state index contributed by atoms with van der Waals surface area (Å²) >= 11 is 0. The van der Waals surface area contributed by atoms with Crippen molar-refractivity contribution in [3.8, 4) is 12.3 Å². The molecule has 1 aromatic heterocycles. The number of aryl methyl sites for hydroxylation is 1. The molecule has 3 rings (SSSR count). The summed E-state index contributed by atoms with van der Waals surface area (Å²) in [7, 11) is 0. The van der Waals surface area contributed by atoms with Crippen LogP contribution in [0.5, 0.6) is 0 Å². The van der Waals surface area contributed by atoms with Gasteiger partial charge in [0.25, 0.3) is 0 Å². The maximum absolute atomic E-state index is 13.1. The molecule has 0 aliphatic carbocycles. The lowest BCUT2D eigenvalue weighted by molar-refractivity contribution is -0.132. The highest BCUT2D eigenvalue weighted by atomic mass is 16.2. The van der Waals surface area contributed by atoms with E-state index in [-0.39, 0.29) is 5.91 Å². The molecule has 3 heterocycles. The minimum atomic E-state index is -0.418. The highest BCUT2D eigenvalue weighted by molar-refractivity contribution is 5.76. The number of aromatic nitrogens is 2. The van der Waals surface area contributed by atoms with Gasteiger partial charge in [-0.1, -0.05) is 13.8 Å². The van der Waals surface area contributed by atoms with Crippen LogP contribution in [0, 0.1) is 25.2 Å². The van der Waals surface area contributed by atoms with E-state index >= 15 is 0 Å². The van der Waals surface area contributed by atoms with Crippen LogP contribution in [0.2, 0.25) is 0 Å². The molecule has 0 saturated carbocycles. The molecule has 7 nitrogen and oxygen atoms in total. The van der Waals surface area contributed by atoms with Gasteiger partial charge in [-0.2, -0.15) is 10.2 Å². The predicted octanol–water partition coefficient (Wildman–Crippen LogP) is 4.12. The van der Waals surface area contributed by atoms with Crippen molar-refractivity contribution < 1.29 is 4.79 Å². The zero-order valence-corrected chi connectivity index (χ0v) is 18.6. The maximum Gasteiger partial charge on any atom is 0.225 e. The first-order valence-electron chi connectivity index (χ1n) is 11.2. The SMILES string of the molecule is C#CCCC1(CCC(=O)N(Cc2cc(C)nc(N3CCCCC3)n2)CC(C)C)N=N1. The van der Waals surface area contributed by atoms with Gasteiger partial charge in [-0.3, -0.25) is 4.79 Å². The quantitative estimate of drug-likeness (QED) is 0.544. The van der Waals surface area contributed by atoms with Crippen LogP contribution >= 0.6 is 0 Å². The van der Waals surface area contributed by atoms with Crippen molar-refractivity contribution in [1.29, 1.82) is 0 Å². The largest absolute Gasteiger partial charge is 0.341 e. The Hall–Kier alpha value is -2.49. The molecule has 2 aliphatic heterocycles. The Bertz CT molecular complexity index is 800. The Morgan fingerprint density at radius 1 is 1.23 bits per heavy atom. The summed E-state index contributed by atoms with van der Waals surface area (Å²) in [6.45, 7) is 9.47. The van der Waals surface area contributed by atoms with Crippen molar-refractivity contribution in [3.05, 3.63) is 17.5 Å². The Morgan fingerprint density at radius 3 is 2.60 bits per heavy atom. The smallest absolute Gasteiger partial charge is 0.225 e. The number of piperidine rings is 1. The van der Waals surface area contributed by atoms with Crippen molar-refractivity contribution in [3.63, 3.8) is 0 Å². The Labute approximate surface area is 180 Å². The van der Waals surface area contributed by atoms with Gasteiger partial charge in [-0.05, 0) is 38.2 Å². The fourth-order valence-electron chi connectivity index (χ4n) is 3.96. The standard InChI is InChI=1S/C23H34N6O/c1-5-6-11-23(26-27-23)12-10-21(30)29(16-18(2)3)17-20-15-19(4)24-22(25-20)28-13-8-7-9-14-28/h1,15,18H,6-14,16-17H2,2-4H3.